The lowest BCUT2D eigenvalue weighted by Crippen LogP contribution is -2.42. The summed E-state index contributed by atoms with van der Waals surface area (Å²) in [5.41, 5.74) is 3.78. The van der Waals surface area contributed by atoms with Crippen LogP contribution in [0.3, 0.4) is 0 Å². The standard InChI is InChI=1S/C23H21N3O4/c1-14-4-6-17(7-5-14)20(27)12-25-19-11-18(8-9-21(19)30-13-22(25)28)23(29)26-16(3)10-15(2)24-26/h4-11H,12-13H2,1-3H3. The van der Waals surface area contributed by atoms with E-state index >= 15 is 0 Å². The molecule has 0 unspecified atom stereocenters. The average Bonchev–Trinajstić information content (AvgIpc) is 3.07. The Balaban J connectivity index is 1.66. The van der Waals surface area contributed by atoms with Gasteiger partial charge in [0.25, 0.3) is 11.8 Å². The van der Waals surface area contributed by atoms with Crippen molar-refractivity contribution < 1.29 is 19.1 Å². The van der Waals surface area contributed by atoms with Gasteiger partial charge in [-0.1, -0.05) is 29.8 Å². The first-order valence-corrected chi connectivity index (χ1v) is 9.58. The van der Waals surface area contributed by atoms with Crippen molar-refractivity contribution in [3.63, 3.8) is 0 Å². The van der Waals surface area contributed by atoms with E-state index in [0.29, 0.717) is 28.3 Å². The molecule has 0 bridgehead atoms. The van der Waals surface area contributed by atoms with Crippen molar-refractivity contribution in [1.82, 2.24) is 9.78 Å². The Morgan fingerprint density at radius 1 is 1.00 bits per heavy atom. The molecule has 1 amide bonds. The smallest absolute Gasteiger partial charge is 0.278 e. The summed E-state index contributed by atoms with van der Waals surface area (Å²) in [6, 6.07) is 13.9. The molecular weight excluding hydrogens is 382 g/mol. The summed E-state index contributed by atoms with van der Waals surface area (Å²) >= 11 is 0. The molecule has 2 aromatic carbocycles. The lowest BCUT2D eigenvalue weighted by atomic mass is 10.1. The van der Waals surface area contributed by atoms with Crippen LogP contribution in [-0.2, 0) is 4.79 Å². The molecule has 2 heterocycles. The second-order valence-corrected chi connectivity index (χ2v) is 7.38. The monoisotopic (exact) mass is 403 g/mol. The highest BCUT2D eigenvalue weighted by atomic mass is 16.5. The molecule has 0 N–H and O–H groups in total. The zero-order chi connectivity index (χ0) is 21.4. The number of ether oxygens (including phenoxy) is 1. The zero-order valence-corrected chi connectivity index (χ0v) is 17.0. The Morgan fingerprint density at radius 3 is 2.37 bits per heavy atom. The molecule has 7 nitrogen and oxygen atoms in total. The first kappa shape index (κ1) is 19.6. The van der Waals surface area contributed by atoms with E-state index in [-0.39, 0.29) is 30.7 Å². The third-order valence-corrected chi connectivity index (χ3v) is 5.03. The van der Waals surface area contributed by atoms with Crippen molar-refractivity contribution in [2.24, 2.45) is 0 Å². The van der Waals surface area contributed by atoms with Crippen molar-refractivity contribution in [3.05, 3.63) is 76.6 Å². The van der Waals surface area contributed by atoms with Gasteiger partial charge in [0.2, 0.25) is 0 Å². The SMILES string of the molecule is Cc1ccc(C(=O)CN2C(=O)COc3ccc(C(=O)n4nc(C)cc4C)cc32)cc1. The van der Waals surface area contributed by atoms with Gasteiger partial charge in [-0.2, -0.15) is 5.10 Å². The molecule has 1 aliphatic heterocycles. The number of carbonyl (C=O) groups excluding carboxylic acids is 3. The van der Waals surface area contributed by atoms with Crippen LogP contribution in [0.2, 0.25) is 0 Å². The minimum absolute atomic E-state index is 0.129. The molecular formula is C23H21N3O4. The van der Waals surface area contributed by atoms with E-state index in [2.05, 4.69) is 5.10 Å². The fraction of sp³-hybridized carbons (Fsp3) is 0.217. The molecule has 30 heavy (non-hydrogen) atoms. The van der Waals surface area contributed by atoms with Gasteiger partial charge in [0.05, 0.1) is 17.9 Å². The molecule has 0 aliphatic carbocycles. The molecule has 1 aliphatic rings. The normalized spacial score (nSPS) is 13.0. The maximum Gasteiger partial charge on any atom is 0.278 e. The van der Waals surface area contributed by atoms with Gasteiger partial charge in [0, 0.05) is 16.8 Å². The van der Waals surface area contributed by atoms with Crippen LogP contribution in [-0.4, -0.2) is 40.5 Å². The van der Waals surface area contributed by atoms with Gasteiger partial charge < -0.3 is 4.74 Å². The van der Waals surface area contributed by atoms with Crippen LogP contribution in [0.4, 0.5) is 5.69 Å². The maximum absolute atomic E-state index is 12.9. The summed E-state index contributed by atoms with van der Waals surface area (Å²) in [5, 5.41) is 4.23. The van der Waals surface area contributed by atoms with Gasteiger partial charge in [-0.25, -0.2) is 4.68 Å². The van der Waals surface area contributed by atoms with Crippen LogP contribution in [0.25, 0.3) is 0 Å². The summed E-state index contributed by atoms with van der Waals surface area (Å²) in [4.78, 5) is 39.6. The summed E-state index contributed by atoms with van der Waals surface area (Å²) in [6.07, 6.45) is 0. The predicted molar refractivity (Wildman–Crippen MR) is 111 cm³/mol. The molecule has 0 saturated carbocycles. The van der Waals surface area contributed by atoms with Crippen LogP contribution >= 0.6 is 0 Å². The molecule has 4 rings (SSSR count). The van der Waals surface area contributed by atoms with Crippen LogP contribution < -0.4 is 9.64 Å². The second-order valence-electron chi connectivity index (χ2n) is 7.38. The number of hydrogen-bond acceptors (Lipinski definition) is 5. The minimum Gasteiger partial charge on any atom is -0.482 e. The predicted octanol–water partition coefficient (Wildman–Crippen LogP) is 3.11. The molecule has 0 atom stereocenters. The molecule has 7 heteroatoms. The van der Waals surface area contributed by atoms with Crippen molar-refractivity contribution in [2.45, 2.75) is 20.8 Å². The third kappa shape index (κ3) is 3.61. The van der Waals surface area contributed by atoms with E-state index in [9.17, 15) is 14.4 Å². The number of aromatic nitrogens is 2. The summed E-state index contributed by atoms with van der Waals surface area (Å²) in [6.45, 7) is 5.27. The van der Waals surface area contributed by atoms with Gasteiger partial charge in [-0.05, 0) is 45.0 Å². The van der Waals surface area contributed by atoms with E-state index in [0.717, 1.165) is 11.3 Å². The van der Waals surface area contributed by atoms with Gasteiger partial charge in [0.15, 0.2) is 12.4 Å². The Bertz CT molecular complexity index is 1160. The van der Waals surface area contributed by atoms with Crippen LogP contribution in [0.5, 0.6) is 5.75 Å². The Hall–Kier alpha value is -3.74. The average molecular weight is 403 g/mol. The molecule has 3 aromatic rings. The van der Waals surface area contributed by atoms with Gasteiger partial charge in [-0.3, -0.25) is 19.3 Å². The quantitative estimate of drug-likeness (QED) is 0.625. The van der Waals surface area contributed by atoms with E-state index in [1.165, 1.54) is 9.58 Å². The number of benzene rings is 2. The molecule has 1 aromatic heterocycles. The van der Waals surface area contributed by atoms with Gasteiger partial charge in [-0.15, -0.1) is 0 Å². The van der Waals surface area contributed by atoms with E-state index in [4.69, 9.17) is 4.74 Å². The lowest BCUT2D eigenvalue weighted by Gasteiger charge is -2.29. The number of aryl methyl sites for hydroxylation is 3. The van der Waals surface area contributed by atoms with Crippen LogP contribution in [0, 0.1) is 20.8 Å². The first-order valence-electron chi connectivity index (χ1n) is 9.58. The number of amides is 1. The summed E-state index contributed by atoms with van der Waals surface area (Å²) < 4.78 is 6.82. The number of hydrogen-bond donors (Lipinski definition) is 0. The molecule has 0 fully saturated rings. The highest BCUT2D eigenvalue weighted by Crippen LogP contribution is 2.33. The molecule has 0 saturated heterocycles. The zero-order valence-electron chi connectivity index (χ0n) is 17.0. The molecule has 0 spiro atoms. The van der Waals surface area contributed by atoms with E-state index < -0.39 is 0 Å². The Morgan fingerprint density at radius 2 is 1.70 bits per heavy atom. The van der Waals surface area contributed by atoms with Crippen molar-refractivity contribution in [1.29, 1.82) is 0 Å². The van der Waals surface area contributed by atoms with E-state index in [1.54, 1.807) is 37.3 Å². The highest BCUT2D eigenvalue weighted by Gasteiger charge is 2.29. The van der Waals surface area contributed by atoms with E-state index in [1.807, 2.05) is 32.0 Å². The second kappa shape index (κ2) is 7.59. The van der Waals surface area contributed by atoms with Crippen molar-refractivity contribution in [3.8, 4) is 5.75 Å². The third-order valence-electron chi connectivity index (χ3n) is 5.03. The minimum atomic E-state index is -0.335. The number of nitrogens with zero attached hydrogens (tertiary/aromatic N) is 3. The molecule has 0 radical (unpaired) electrons. The number of fused-ring (bicyclic) bond motifs is 1. The largest absolute Gasteiger partial charge is 0.482 e. The number of rotatable bonds is 4. The molecule has 152 valence electrons. The van der Waals surface area contributed by atoms with Gasteiger partial charge >= 0.3 is 0 Å². The number of Topliss-reactive ketones (excluding diaryl/α,β-unsaturated/α-hetero) is 1. The first-order chi connectivity index (χ1) is 14.3. The lowest BCUT2D eigenvalue weighted by molar-refractivity contribution is -0.121. The summed E-state index contributed by atoms with van der Waals surface area (Å²) in [7, 11) is 0. The van der Waals surface area contributed by atoms with Crippen LogP contribution in [0.1, 0.15) is 37.7 Å². The Labute approximate surface area is 173 Å². The van der Waals surface area contributed by atoms with Crippen molar-refractivity contribution in [2.75, 3.05) is 18.1 Å². The van der Waals surface area contributed by atoms with Gasteiger partial charge in [0.1, 0.15) is 5.75 Å². The van der Waals surface area contributed by atoms with Crippen molar-refractivity contribution >= 4 is 23.3 Å². The Kier molecular flexibility index (Phi) is 4.95. The highest BCUT2D eigenvalue weighted by molar-refractivity contribution is 6.08. The maximum atomic E-state index is 12.9. The number of carbonyl (C=O) groups is 3. The number of anilines is 1. The fourth-order valence-electron chi connectivity index (χ4n) is 3.44. The fourth-order valence-corrected chi connectivity index (χ4v) is 3.44. The summed E-state index contributed by atoms with van der Waals surface area (Å²) in [5.74, 6) is -0.382. The topological polar surface area (TPSA) is 81.5 Å². The number of ketones is 1. The van der Waals surface area contributed by atoms with Crippen LogP contribution in [0.15, 0.2) is 48.5 Å².